The van der Waals surface area contributed by atoms with Crippen LogP contribution in [0.15, 0.2) is 46.5 Å². The van der Waals surface area contributed by atoms with E-state index in [1.165, 1.54) is 0 Å². The van der Waals surface area contributed by atoms with Crippen molar-refractivity contribution in [3.63, 3.8) is 0 Å². The molecule has 0 aliphatic carbocycles. The summed E-state index contributed by atoms with van der Waals surface area (Å²) in [6.07, 6.45) is 0. The first kappa shape index (κ1) is 21.3. The van der Waals surface area contributed by atoms with Gasteiger partial charge in [-0.3, -0.25) is 0 Å². The van der Waals surface area contributed by atoms with Gasteiger partial charge in [-0.2, -0.15) is 0 Å². The number of hydrogen-bond acceptors (Lipinski definition) is 5. The summed E-state index contributed by atoms with van der Waals surface area (Å²) in [7, 11) is 0. The number of aliphatic hydroxyl groups is 1. The van der Waals surface area contributed by atoms with Gasteiger partial charge in [-0.05, 0) is 24.3 Å². The van der Waals surface area contributed by atoms with Crippen LogP contribution in [0.4, 0.5) is 0 Å². The maximum absolute atomic E-state index is 8.82. The Morgan fingerprint density at radius 1 is 0.875 bits per heavy atom. The van der Waals surface area contributed by atoms with Crippen LogP contribution in [-0.2, 0) is 12.5 Å². The van der Waals surface area contributed by atoms with E-state index in [9.17, 15) is 0 Å². The fourth-order valence-electron chi connectivity index (χ4n) is 1.69. The van der Waals surface area contributed by atoms with E-state index in [2.05, 4.69) is 37.7 Å². The molecule has 24 heavy (non-hydrogen) atoms. The minimum atomic E-state index is 0.0203. The zero-order valence-corrected chi connectivity index (χ0v) is 17.0. The second kappa shape index (κ2) is 11.7. The van der Waals surface area contributed by atoms with Crippen LogP contribution in [0.25, 0.3) is 0 Å². The summed E-state index contributed by atoms with van der Waals surface area (Å²) >= 11 is 9.13. The van der Waals surface area contributed by atoms with Gasteiger partial charge < -0.3 is 5.11 Å². The lowest BCUT2D eigenvalue weighted by molar-refractivity contribution is 0.276. The first-order valence-corrected chi connectivity index (χ1v) is 10.2. The number of aromatic nitrogens is 2. The van der Waals surface area contributed by atoms with Gasteiger partial charge in [0.1, 0.15) is 0 Å². The van der Waals surface area contributed by atoms with Crippen molar-refractivity contribution < 1.29 is 5.11 Å². The van der Waals surface area contributed by atoms with Crippen molar-refractivity contribution in [2.24, 2.45) is 0 Å². The Labute approximate surface area is 158 Å². The Morgan fingerprint density at radius 3 is 1.75 bits per heavy atom. The first-order valence-electron chi connectivity index (χ1n) is 7.86. The van der Waals surface area contributed by atoms with Crippen molar-refractivity contribution in [3.8, 4) is 0 Å². The van der Waals surface area contributed by atoms with Gasteiger partial charge in [-0.1, -0.05) is 39.8 Å². The zero-order valence-electron chi connectivity index (χ0n) is 14.6. The van der Waals surface area contributed by atoms with E-state index >= 15 is 0 Å². The van der Waals surface area contributed by atoms with Gasteiger partial charge in [0, 0.05) is 10.5 Å². The molecule has 0 saturated heterocycles. The third-order valence-electron chi connectivity index (χ3n) is 2.57. The van der Waals surface area contributed by atoms with E-state index in [1.807, 2.05) is 36.4 Å². The fraction of sp³-hybridized carbons (Fsp3) is 0.444. The highest BCUT2D eigenvalue weighted by atomic mass is 35.5. The van der Waals surface area contributed by atoms with Crippen LogP contribution in [0, 0.1) is 0 Å². The van der Waals surface area contributed by atoms with Crippen LogP contribution >= 0.6 is 35.1 Å². The lowest BCUT2D eigenvalue weighted by Crippen LogP contribution is -1.93. The lowest BCUT2D eigenvalue weighted by atomic mass is 10.4. The van der Waals surface area contributed by atoms with Gasteiger partial charge in [-0.15, -0.1) is 35.1 Å². The molecule has 0 bridgehead atoms. The quantitative estimate of drug-likeness (QED) is 0.534. The Morgan fingerprint density at radius 2 is 1.33 bits per heavy atom. The first-order chi connectivity index (χ1) is 11.4. The smallest absolute Gasteiger partial charge is 0.0966 e. The molecule has 0 atom stereocenters. The number of halogens is 1. The summed E-state index contributed by atoms with van der Waals surface area (Å²) in [4.78, 5) is 8.61. The number of thioether (sulfide) groups is 2. The van der Waals surface area contributed by atoms with E-state index in [-0.39, 0.29) is 6.61 Å². The average Bonchev–Trinajstić information content (AvgIpc) is 2.54. The van der Waals surface area contributed by atoms with Crippen LogP contribution in [-0.4, -0.2) is 25.6 Å². The molecule has 3 nitrogen and oxygen atoms in total. The topological polar surface area (TPSA) is 46.0 Å². The number of alkyl halides is 1. The van der Waals surface area contributed by atoms with E-state index < -0.39 is 0 Å². The second-order valence-electron chi connectivity index (χ2n) is 5.56. The van der Waals surface area contributed by atoms with E-state index in [0.717, 1.165) is 21.4 Å². The molecular formula is C18H25ClN2OS2. The standard InChI is InChI=1S/C9H12ClNS.C9H13NOS/c1-7(2)12-9-5-3-4-8(6-10)11-9;1-7(2)12-9-5-3-4-8(6-11)10-9/h3-5,7H,6H2,1-2H3;3-5,7,11H,6H2,1-2H3. The number of rotatable bonds is 6. The Balaban J connectivity index is 0.000000240. The Kier molecular flexibility index (Phi) is 10.4. The molecular weight excluding hydrogens is 360 g/mol. The summed E-state index contributed by atoms with van der Waals surface area (Å²) in [5, 5.41) is 12.0. The monoisotopic (exact) mass is 384 g/mol. The largest absolute Gasteiger partial charge is 0.390 e. The zero-order chi connectivity index (χ0) is 17.9. The molecule has 0 aliphatic rings. The number of hydrogen-bond donors (Lipinski definition) is 1. The highest BCUT2D eigenvalue weighted by molar-refractivity contribution is 8.00. The second-order valence-corrected chi connectivity index (χ2v) is 9.02. The van der Waals surface area contributed by atoms with Crippen LogP contribution < -0.4 is 0 Å². The molecule has 2 aromatic heterocycles. The van der Waals surface area contributed by atoms with E-state index in [1.54, 1.807) is 23.5 Å². The van der Waals surface area contributed by atoms with Crippen LogP contribution in [0.2, 0.25) is 0 Å². The molecule has 0 radical (unpaired) electrons. The Hall–Kier alpha value is -0.750. The summed E-state index contributed by atoms with van der Waals surface area (Å²) < 4.78 is 0. The summed E-state index contributed by atoms with van der Waals surface area (Å²) in [6, 6.07) is 11.7. The van der Waals surface area contributed by atoms with Crippen molar-refractivity contribution in [3.05, 3.63) is 47.8 Å². The number of pyridine rings is 2. The third-order valence-corrected chi connectivity index (χ3v) is 4.73. The predicted molar refractivity (Wildman–Crippen MR) is 106 cm³/mol. The normalized spacial score (nSPS) is 10.7. The average molecular weight is 385 g/mol. The van der Waals surface area contributed by atoms with Crippen molar-refractivity contribution in [2.45, 2.75) is 60.7 Å². The summed E-state index contributed by atoms with van der Waals surface area (Å²) in [5.41, 5.74) is 1.68. The SMILES string of the molecule is CC(C)Sc1cccc(CCl)n1.CC(C)Sc1cccc(CO)n1. The predicted octanol–water partition coefficient (Wildman–Crippen LogP) is 5.40. The molecule has 0 saturated carbocycles. The van der Waals surface area contributed by atoms with Crippen molar-refractivity contribution in [1.82, 2.24) is 9.97 Å². The molecule has 0 unspecified atom stereocenters. The van der Waals surface area contributed by atoms with Crippen molar-refractivity contribution in [1.29, 1.82) is 0 Å². The number of nitrogens with zero attached hydrogens (tertiary/aromatic N) is 2. The summed E-state index contributed by atoms with van der Waals surface area (Å²) in [5.74, 6) is 0.493. The maximum atomic E-state index is 8.82. The fourth-order valence-corrected chi connectivity index (χ4v) is 3.46. The van der Waals surface area contributed by atoms with Gasteiger partial charge >= 0.3 is 0 Å². The number of aliphatic hydroxyl groups excluding tert-OH is 1. The molecule has 1 N–H and O–H groups in total. The molecule has 2 aromatic rings. The van der Waals surface area contributed by atoms with E-state index in [0.29, 0.717) is 16.4 Å². The van der Waals surface area contributed by atoms with Crippen LogP contribution in [0.1, 0.15) is 39.1 Å². The molecule has 0 spiro atoms. The molecule has 0 fully saturated rings. The highest BCUT2D eigenvalue weighted by Crippen LogP contribution is 2.21. The van der Waals surface area contributed by atoms with Crippen molar-refractivity contribution >= 4 is 35.1 Å². The van der Waals surface area contributed by atoms with Gasteiger partial charge in [0.05, 0.1) is 33.9 Å². The molecule has 0 amide bonds. The molecule has 2 rings (SSSR count). The van der Waals surface area contributed by atoms with Crippen LogP contribution in [0.3, 0.4) is 0 Å². The minimum absolute atomic E-state index is 0.0203. The molecule has 0 aliphatic heterocycles. The molecule has 6 heteroatoms. The summed E-state index contributed by atoms with van der Waals surface area (Å²) in [6.45, 7) is 8.57. The molecule has 132 valence electrons. The lowest BCUT2D eigenvalue weighted by Gasteiger charge is -2.04. The molecule has 2 heterocycles. The Bertz CT molecular complexity index is 556. The van der Waals surface area contributed by atoms with Crippen molar-refractivity contribution in [2.75, 3.05) is 0 Å². The van der Waals surface area contributed by atoms with Gasteiger partial charge in [-0.25, -0.2) is 9.97 Å². The van der Waals surface area contributed by atoms with Gasteiger partial charge in [0.25, 0.3) is 0 Å². The minimum Gasteiger partial charge on any atom is -0.390 e. The third kappa shape index (κ3) is 8.92. The van der Waals surface area contributed by atoms with Gasteiger partial charge in [0.15, 0.2) is 0 Å². The maximum Gasteiger partial charge on any atom is 0.0966 e. The molecule has 0 aromatic carbocycles. The van der Waals surface area contributed by atoms with E-state index in [4.69, 9.17) is 16.7 Å². The van der Waals surface area contributed by atoms with Crippen LogP contribution in [0.5, 0.6) is 0 Å². The van der Waals surface area contributed by atoms with Gasteiger partial charge in [0.2, 0.25) is 0 Å². The highest BCUT2D eigenvalue weighted by Gasteiger charge is 2.00.